The molecule has 3 nitrogen and oxygen atoms in total. The number of nitrogens with one attached hydrogen (secondary N) is 1. The number of carbonyl (C=O) groups excluding carboxylic acids is 1. The van der Waals surface area contributed by atoms with Gasteiger partial charge in [0.05, 0.1) is 11.4 Å². The van der Waals surface area contributed by atoms with E-state index in [1.807, 2.05) is 32.9 Å². The zero-order valence-electron chi connectivity index (χ0n) is 9.80. The second-order valence-corrected chi connectivity index (χ2v) is 5.21. The van der Waals surface area contributed by atoms with E-state index in [1.165, 1.54) is 0 Å². The van der Waals surface area contributed by atoms with Gasteiger partial charge in [-0.1, -0.05) is 13.8 Å². The van der Waals surface area contributed by atoms with E-state index in [-0.39, 0.29) is 5.91 Å². The number of amides is 1. The minimum Gasteiger partial charge on any atom is -0.397 e. The number of anilines is 2. The van der Waals surface area contributed by atoms with Crippen molar-refractivity contribution < 1.29 is 4.79 Å². The Morgan fingerprint density at radius 1 is 1.50 bits per heavy atom. The van der Waals surface area contributed by atoms with Crippen LogP contribution < -0.4 is 11.1 Å². The van der Waals surface area contributed by atoms with Gasteiger partial charge in [-0.25, -0.2) is 0 Å². The summed E-state index contributed by atoms with van der Waals surface area (Å²) >= 11 is 3.40. The van der Waals surface area contributed by atoms with Gasteiger partial charge < -0.3 is 11.1 Å². The van der Waals surface area contributed by atoms with Crippen LogP contribution in [0.2, 0.25) is 0 Å². The molecule has 0 aromatic heterocycles. The van der Waals surface area contributed by atoms with Crippen molar-refractivity contribution in [1.29, 1.82) is 0 Å². The van der Waals surface area contributed by atoms with Gasteiger partial charge >= 0.3 is 0 Å². The third kappa shape index (κ3) is 3.52. The van der Waals surface area contributed by atoms with E-state index in [1.54, 1.807) is 0 Å². The van der Waals surface area contributed by atoms with Crippen molar-refractivity contribution >= 4 is 33.2 Å². The van der Waals surface area contributed by atoms with Gasteiger partial charge in [0.25, 0.3) is 0 Å². The molecule has 0 aliphatic carbocycles. The van der Waals surface area contributed by atoms with Gasteiger partial charge in [0.15, 0.2) is 0 Å². The van der Waals surface area contributed by atoms with Crippen LogP contribution in [-0.2, 0) is 4.79 Å². The van der Waals surface area contributed by atoms with Gasteiger partial charge in [-0.15, -0.1) is 0 Å². The van der Waals surface area contributed by atoms with E-state index >= 15 is 0 Å². The normalized spacial score (nSPS) is 10.6. The Labute approximate surface area is 105 Å². The molecule has 0 unspecified atom stereocenters. The Hall–Kier alpha value is -1.03. The molecule has 16 heavy (non-hydrogen) atoms. The summed E-state index contributed by atoms with van der Waals surface area (Å²) in [5.41, 5.74) is 8.17. The fraction of sp³-hybridized carbons (Fsp3) is 0.417. The van der Waals surface area contributed by atoms with Crippen molar-refractivity contribution in [3.63, 3.8) is 0 Å². The maximum Gasteiger partial charge on any atom is 0.224 e. The monoisotopic (exact) mass is 284 g/mol. The van der Waals surface area contributed by atoms with Gasteiger partial charge in [-0.2, -0.15) is 0 Å². The van der Waals surface area contributed by atoms with Crippen molar-refractivity contribution in [3.8, 4) is 0 Å². The third-order valence-corrected chi connectivity index (χ3v) is 2.75. The summed E-state index contributed by atoms with van der Waals surface area (Å²) in [6, 6.07) is 3.77. The van der Waals surface area contributed by atoms with E-state index in [4.69, 9.17) is 5.73 Å². The van der Waals surface area contributed by atoms with Crippen LogP contribution in [0.1, 0.15) is 25.8 Å². The highest BCUT2D eigenvalue weighted by molar-refractivity contribution is 9.10. The molecule has 0 atom stereocenters. The van der Waals surface area contributed by atoms with Crippen molar-refractivity contribution in [2.75, 3.05) is 11.1 Å². The maximum absolute atomic E-state index is 11.6. The van der Waals surface area contributed by atoms with Crippen LogP contribution >= 0.6 is 15.9 Å². The molecule has 1 amide bonds. The second-order valence-electron chi connectivity index (χ2n) is 4.36. The standard InChI is InChI=1S/C12H17BrN2O/c1-7(2)4-11(16)15-12-9(13)5-8(3)6-10(12)14/h5-7H,4,14H2,1-3H3,(H,15,16). The summed E-state index contributed by atoms with van der Waals surface area (Å²) in [5, 5.41) is 2.83. The van der Waals surface area contributed by atoms with Gasteiger partial charge in [-0.05, 0) is 46.5 Å². The van der Waals surface area contributed by atoms with Crippen LogP contribution in [0.3, 0.4) is 0 Å². The number of aryl methyl sites for hydroxylation is 1. The number of halogens is 1. The molecule has 0 radical (unpaired) electrons. The predicted molar refractivity (Wildman–Crippen MR) is 71.4 cm³/mol. The molecule has 0 saturated heterocycles. The lowest BCUT2D eigenvalue weighted by atomic mass is 10.1. The fourth-order valence-electron chi connectivity index (χ4n) is 1.46. The van der Waals surface area contributed by atoms with E-state index < -0.39 is 0 Å². The molecular weight excluding hydrogens is 268 g/mol. The van der Waals surface area contributed by atoms with Crippen LogP contribution in [0.5, 0.6) is 0 Å². The molecule has 0 bridgehead atoms. The summed E-state index contributed by atoms with van der Waals surface area (Å²) in [4.78, 5) is 11.6. The summed E-state index contributed by atoms with van der Waals surface area (Å²) in [6.07, 6.45) is 0.500. The minimum atomic E-state index is -0.00810. The maximum atomic E-state index is 11.6. The molecule has 1 aromatic rings. The summed E-state index contributed by atoms with van der Waals surface area (Å²) in [7, 11) is 0. The zero-order chi connectivity index (χ0) is 12.3. The number of benzene rings is 1. The first-order chi connectivity index (χ1) is 7.40. The number of hydrogen-bond donors (Lipinski definition) is 2. The van der Waals surface area contributed by atoms with Gasteiger partial charge in [-0.3, -0.25) is 4.79 Å². The van der Waals surface area contributed by atoms with Crippen LogP contribution in [0.15, 0.2) is 16.6 Å². The topological polar surface area (TPSA) is 55.1 Å². The van der Waals surface area contributed by atoms with E-state index in [9.17, 15) is 4.79 Å². The second kappa shape index (κ2) is 5.34. The van der Waals surface area contributed by atoms with E-state index in [0.29, 0.717) is 23.7 Å². The quantitative estimate of drug-likeness (QED) is 0.837. The van der Waals surface area contributed by atoms with Crippen LogP contribution in [0.25, 0.3) is 0 Å². The number of carbonyl (C=O) groups is 1. The molecule has 4 heteroatoms. The lowest BCUT2D eigenvalue weighted by Gasteiger charge is -2.12. The highest BCUT2D eigenvalue weighted by Crippen LogP contribution is 2.30. The Balaban J connectivity index is 2.85. The third-order valence-electron chi connectivity index (χ3n) is 2.12. The Morgan fingerprint density at radius 2 is 2.12 bits per heavy atom. The summed E-state index contributed by atoms with van der Waals surface area (Å²) in [6.45, 7) is 5.97. The highest BCUT2D eigenvalue weighted by Gasteiger charge is 2.10. The average molecular weight is 285 g/mol. The first-order valence-corrected chi connectivity index (χ1v) is 6.05. The Morgan fingerprint density at radius 3 is 2.62 bits per heavy atom. The molecule has 0 spiro atoms. The van der Waals surface area contributed by atoms with Gasteiger partial charge in [0.2, 0.25) is 5.91 Å². The van der Waals surface area contributed by atoms with E-state index in [0.717, 1.165) is 10.0 Å². The van der Waals surface area contributed by atoms with E-state index in [2.05, 4.69) is 21.2 Å². The Bertz CT molecular complexity index is 379. The number of rotatable bonds is 3. The molecule has 0 aliphatic heterocycles. The van der Waals surface area contributed by atoms with Crippen LogP contribution in [0.4, 0.5) is 11.4 Å². The first kappa shape index (κ1) is 13.0. The average Bonchev–Trinajstić information content (AvgIpc) is 2.09. The molecule has 88 valence electrons. The highest BCUT2D eigenvalue weighted by atomic mass is 79.9. The largest absolute Gasteiger partial charge is 0.397 e. The lowest BCUT2D eigenvalue weighted by molar-refractivity contribution is -0.116. The molecular formula is C12H17BrN2O. The lowest BCUT2D eigenvalue weighted by Crippen LogP contribution is -2.15. The van der Waals surface area contributed by atoms with Crippen molar-refractivity contribution in [3.05, 3.63) is 22.2 Å². The summed E-state index contributed by atoms with van der Waals surface area (Å²) in [5.74, 6) is 0.330. The Kier molecular flexibility index (Phi) is 4.35. The molecule has 1 rings (SSSR count). The van der Waals surface area contributed by atoms with Crippen molar-refractivity contribution in [2.45, 2.75) is 27.2 Å². The molecule has 0 aliphatic rings. The SMILES string of the molecule is Cc1cc(N)c(NC(=O)CC(C)C)c(Br)c1. The number of nitrogen functional groups attached to an aromatic ring is 1. The smallest absolute Gasteiger partial charge is 0.224 e. The van der Waals surface area contributed by atoms with Crippen LogP contribution in [-0.4, -0.2) is 5.91 Å². The summed E-state index contributed by atoms with van der Waals surface area (Å²) < 4.78 is 0.821. The van der Waals surface area contributed by atoms with Crippen LogP contribution in [0, 0.1) is 12.8 Å². The predicted octanol–water partition coefficient (Wildman–Crippen LogP) is 3.32. The minimum absolute atomic E-state index is 0.00810. The molecule has 0 fully saturated rings. The zero-order valence-corrected chi connectivity index (χ0v) is 11.4. The van der Waals surface area contributed by atoms with Crippen molar-refractivity contribution in [1.82, 2.24) is 0 Å². The van der Waals surface area contributed by atoms with Crippen molar-refractivity contribution in [2.24, 2.45) is 5.92 Å². The first-order valence-electron chi connectivity index (χ1n) is 5.25. The molecule has 0 saturated carbocycles. The number of nitrogens with two attached hydrogens (primary N) is 1. The van der Waals surface area contributed by atoms with Gasteiger partial charge in [0.1, 0.15) is 0 Å². The molecule has 1 aromatic carbocycles. The van der Waals surface area contributed by atoms with Gasteiger partial charge in [0, 0.05) is 10.9 Å². The molecule has 3 N–H and O–H groups in total. The number of hydrogen-bond acceptors (Lipinski definition) is 2. The molecule has 0 heterocycles. The fourth-order valence-corrected chi connectivity index (χ4v) is 2.15.